The van der Waals surface area contributed by atoms with Crippen LogP contribution in [0.2, 0.25) is 0 Å². The minimum atomic E-state index is 0.300. The summed E-state index contributed by atoms with van der Waals surface area (Å²) in [6.45, 7) is 7.78. The molecule has 0 saturated heterocycles. The summed E-state index contributed by atoms with van der Waals surface area (Å²) >= 11 is 0. The number of fused-ring (bicyclic) bond motifs is 3. The Bertz CT molecular complexity index is 907. The molecule has 3 rings (SSSR count). The predicted molar refractivity (Wildman–Crippen MR) is 95.9 cm³/mol. The van der Waals surface area contributed by atoms with E-state index in [0.717, 1.165) is 41.2 Å². The molecule has 25 heavy (non-hydrogen) atoms. The highest BCUT2D eigenvalue weighted by Gasteiger charge is 2.22. The molecule has 5 heteroatoms. The summed E-state index contributed by atoms with van der Waals surface area (Å²) in [5.41, 5.74) is 4.92. The summed E-state index contributed by atoms with van der Waals surface area (Å²) in [6.07, 6.45) is 1.54. The standard InChI is InChI=1S/C20H23N3O2/c1-4-13-9-17-15-11-19(25-6-3)18(24-5-2)10-14(15)7-8-23(17)20(22)16(13)12-21/h9-11,22H,4-8H2,1-3H3. The summed E-state index contributed by atoms with van der Waals surface area (Å²) in [4.78, 5) is 0. The van der Waals surface area contributed by atoms with E-state index in [0.29, 0.717) is 30.8 Å². The van der Waals surface area contributed by atoms with Crippen LogP contribution < -0.4 is 15.0 Å². The average Bonchev–Trinajstić information content (AvgIpc) is 2.62. The fourth-order valence-corrected chi connectivity index (χ4v) is 3.40. The second-order valence-corrected chi connectivity index (χ2v) is 5.97. The van der Waals surface area contributed by atoms with Crippen molar-refractivity contribution < 1.29 is 9.47 Å². The third kappa shape index (κ3) is 2.89. The number of ether oxygens (including phenoxy) is 2. The van der Waals surface area contributed by atoms with Gasteiger partial charge in [-0.3, -0.25) is 5.41 Å². The molecule has 0 atom stereocenters. The third-order valence-corrected chi connectivity index (χ3v) is 4.57. The number of rotatable bonds is 5. The molecule has 1 N–H and O–H groups in total. The van der Waals surface area contributed by atoms with Gasteiger partial charge >= 0.3 is 0 Å². The molecule has 1 aromatic heterocycles. The molecule has 1 aliphatic rings. The highest BCUT2D eigenvalue weighted by atomic mass is 16.5. The van der Waals surface area contributed by atoms with E-state index in [1.54, 1.807) is 0 Å². The molecule has 0 saturated carbocycles. The zero-order valence-corrected chi connectivity index (χ0v) is 15.0. The number of nitrogens with one attached hydrogen (secondary N) is 1. The Morgan fingerprint density at radius 1 is 1.12 bits per heavy atom. The van der Waals surface area contributed by atoms with Crippen LogP contribution in [-0.2, 0) is 19.4 Å². The van der Waals surface area contributed by atoms with Crippen molar-refractivity contribution in [1.29, 1.82) is 10.7 Å². The normalized spacial score (nSPS) is 12.1. The van der Waals surface area contributed by atoms with E-state index >= 15 is 0 Å². The molecule has 0 bridgehead atoms. The Balaban J connectivity index is 2.24. The van der Waals surface area contributed by atoms with Crippen LogP contribution in [0.1, 0.15) is 37.5 Å². The highest BCUT2D eigenvalue weighted by Crippen LogP contribution is 2.38. The van der Waals surface area contributed by atoms with Crippen molar-refractivity contribution in [1.82, 2.24) is 4.57 Å². The zero-order chi connectivity index (χ0) is 18.0. The lowest BCUT2D eigenvalue weighted by atomic mass is 9.94. The van der Waals surface area contributed by atoms with E-state index < -0.39 is 0 Å². The lowest BCUT2D eigenvalue weighted by Crippen LogP contribution is -2.29. The number of hydrogen-bond acceptors (Lipinski definition) is 4. The van der Waals surface area contributed by atoms with E-state index in [4.69, 9.17) is 14.9 Å². The lowest BCUT2D eigenvalue weighted by Gasteiger charge is -2.25. The van der Waals surface area contributed by atoms with Crippen LogP contribution in [-0.4, -0.2) is 17.8 Å². The molecule has 130 valence electrons. The number of aromatic nitrogens is 1. The topological polar surface area (TPSA) is 71.0 Å². The van der Waals surface area contributed by atoms with Gasteiger partial charge in [0.05, 0.1) is 24.5 Å². The molecule has 1 aromatic carbocycles. The van der Waals surface area contributed by atoms with Crippen molar-refractivity contribution in [2.45, 2.75) is 40.2 Å². The third-order valence-electron chi connectivity index (χ3n) is 4.57. The Morgan fingerprint density at radius 3 is 2.40 bits per heavy atom. The van der Waals surface area contributed by atoms with Crippen LogP contribution >= 0.6 is 0 Å². The first-order chi connectivity index (χ1) is 12.1. The highest BCUT2D eigenvalue weighted by molar-refractivity contribution is 5.71. The molecule has 0 radical (unpaired) electrons. The van der Waals surface area contributed by atoms with Gasteiger partial charge in [-0.25, -0.2) is 0 Å². The number of nitrogens with zero attached hydrogens (tertiary/aromatic N) is 2. The number of hydrogen-bond donors (Lipinski definition) is 1. The largest absolute Gasteiger partial charge is 0.490 e. The second kappa shape index (κ2) is 7.02. The van der Waals surface area contributed by atoms with Gasteiger partial charge < -0.3 is 14.0 Å². The maximum atomic E-state index is 9.42. The van der Waals surface area contributed by atoms with Crippen molar-refractivity contribution in [3.8, 4) is 28.8 Å². The van der Waals surface area contributed by atoms with Crippen LogP contribution in [0.15, 0.2) is 18.2 Å². The van der Waals surface area contributed by atoms with Crippen LogP contribution in [0.4, 0.5) is 0 Å². The van der Waals surface area contributed by atoms with Crippen molar-refractivity contribution >= 4 is 0 Å². The van der Waals surface area contributed by atoms with Gasteiger partial charge in [-0.15, -0.1) is 0 Å². The number of nitriles is 1. The summed E-state index contributed by atoms with van der Waals surface area (Å²) in [7, 11) is 0. The number of pyridine rings is 1. The van der Waals surface area contributed by atoms with Gasteiger partial charge in [0.25, 0.3) is 0 Å². The maximum Gasteiger partial charge on any atom is 0.161 e. The Morgan fingerprint density at radius 2 is 1.80 bits per heavy atom. The molecule has 0 unspecified atom stereocenters. The Hall–Kier alpha value is -2.74. The Kier molecular flexibility index (Phi) is 4.80. The van der Waals surface area contributed by atoms with Gasteiger partial charge in [0, 0.05) is 12.1 Å². The summed E-state index contributed by atoms with van der Waals surface area (Å²) in [5, 5.41) is 17.9. The molecule has 0 amide bonds. The monoisotopic (exact) mass is 337 g/mol. The molecular formula is C20H23N3O2. The maximum absolute atomic E-state index is 9.42. The van der Waals surface area contributed by atoms with Gasteiger partial charge in [0.1, 0.15) is 11.6 Å². The Labute approximate surface area is 148 Å². The quantitative estimate of drug-likeness (QED) is 0.908. The SMILES string of the molecule is CCOc1cc2c(cc1OCC)-c1cc(CC)c(C#N)c(=N)n1CC2. The van der Waals surface area contributed by atoms with E-state index in [9.17, 15) is 5.26 Å². The van der Waals surface area contributed by atoms with Gasteiger partial charge in [-0.1, -0.05) is 6.92 Å². The predicted octanol–water partition coefficient (Wildman–Crippen LogP) is 3.42. The molecular weight excluding hydrogens is 314 g/mol. The molecule has 0 aliphatic carbocycles. The first-order valence-electron chi connectivity index (χ1n) is 8.78. The van der Waals surface area contributed by atoms with E-state index in [2.05, 4.69) is 12.1 Å². The van der Waals surface area contributed by atoms with Gasteiger partial charge in [-0.05, 0) is 56.0 Å². The fourth-order valence-electron chi connectivity index (χ4n) is 3.40. The smallest absolute Gasteiger partial charge is 0.161 e. The fraction of sp³-hybridized carbons (Fsp3) is 0.400. The molecule has 5 nitrogen and oxygen atoms in total. The van der Waals surface area contributed by atoms with Crippen LogP contribution in [0.3, 0.4) is 0 Å². The lowest BCUT2D eigenvalue weighted by molar-refractivity contribution is 0.287. The number of aryl methyl sites for hydroxylation is 2. The molecule has 2 heterocycles. The van der Waals surface area contributed by atoms with Crippen molar-refractivity contribution in [3.63, 3.8) is 0 Å². The van der Waals surface area contributed by atoms with Gasteiger partial charge in [-0.2, -0.15) is 5.26 Å². The van der Waals surface area contributed by atoms with E-state index in [1.807, 2.05) is 37.5 Å². The van der Waals surface area contributed by atoms with Crippen LogP contribution in [0, 0.1) is 16.7 Å². The minimum Gasteiger partial charge on any atom is -0.490 e. The first kappa shape index (κ1) is 17.1. The van der Waals surface area contributed by atoms with E-state index in [1.165, 1.54) is 5.56 Å². The zero-order valence-electron chi connectivity index (χ0n) is 15.0. The molecule has 1 aliphatic heterocycles. The molecule has 2 aromatic rings. The van der Waals surface area contributed by atoms with Crippen molar-refractivity contribution in [2.24, 2.45) is 0 Å². The average molecular weight is 337 g/mol. The second-order valence-electron chi connectivity index (χ2n) is 5.97. The number of benzene rings is 1. The summed E-state index contributed by atoms with van der Waals surface area (Å²) in [6, 6.07) is 8.31. The summed E-state index contributed by atoms with van der Waals surface area (Å²) in [5.74, 6) is 1.50. The van der Waals surface area contributed by atoms with E-state index in [-0.39, 0.29) is 0 Å². The van der Waals surface area contributed by atoms with Crippen LogP contribution in [0.25, 0.3) is 11.3 Å². The molecule has 0 fully saturated rings. The van der Waals surface area contributed by atoms with Crippen molar-refractivity contribution in [3.05, 3.63) is 40.4 Å². The van der Waals surface area contributed by atoms with Gasteiger partial charge in [0.15, 0.2) is 11.5 Å². The minimum absolute atomic E-state index is 0.300. The van der Waals surface area contributed by atoms with Crippen LogP contribution in [0.5, 0.6) is 11.5 Å². The molecule has 0 spiro atoms. The summed E-state index contributed by atoms with van der Waals surface area (Å²) < 4.78 is 13.4. The van der Waals surface area contributed by atoms with Gasteiger partial charge in [0.2, 0.25) is 0 Å². The van der Waals surface area contributed by atoms with Crippen molar-refractivity contribution in [2.75, 3.05) is 13.2 Å². The first-order valence-corrected chi connectivity index (χ1v) is 8.78.